The normalized spacial score (nSPS) is 9.93. The highest BCUT2D eigenvalue weighted by atomic mass is 79.9. The molecule has 2 aromatic rings. The molecule has 0 spiro atoms. The van der Waals surface area contributed by atoms with Gasteiger partial charge in [0.2, 0.25) is 5.95 Å². The molecule has 0 saturated heterocycles. The van der Waals surface area contributed by atoms with Crippen LogP contribution in [0.3, 0.4) is 0 Å². The van der Waals surface area contributed by atoms with Crippen LogP contribution in [0.2, 0.25) is 0 Å². The van der Waals surface area contributed by atoms with E-state index in [1.807, 2.05) is 11.4 Å². The predicted octanol–water partition coefficient (Wildman–Crippen LogP) is 2.55. The Morgan fingerprint density at radius 2 is 2.13 bits per heavy atom. The third-order valence-electron chi connectivity index (χ3n) is 1.59. The molecule has 15 heavy (non-hydrogen) atoms. The van der Waals surface area contributed by atoms with Crippen LogP contribution >= 0.6 is 27.3 Å². The first kappa shape index (κ1) is 10.3. The maximum Gasteiger partial charge on any atom is 0.268 e. The Labute approximate surface area is 98.5 Å². The molecule has 4 nitrogen and oxygen atoms in total. The fourth-order valence-corrected chi connectivity index (χ4v) is 1.77. The molecule has 1 N–H and O–H groups in total. The number of hydrogen-bond acceptors (Lipinski definition) is 4. The van der Waals surface area contributed by atoms with E-state index in [0.717, 1.165) is 4.47 Å². The molecule has 2 heterocycles. The highest BCUT2D eigenvalue weighted by molar-refractivity contribution is 9.10. The first-order chi connectivity index (χ1) is 7.25. The quantitative estimate of drug-likeness (QED) is 0.922. The number of carbonyl (C=O) groups excluding carboxylic acids is 1. The molecule has 0 radical (unpaired) electrons. The number of carbonyl (C=O) groups is 1. The zero-order chi connectivity index (χ0) is 10.7. The second-order valence-electron chi connectivity index (χ2n) is 2.66. The summed E-state index contributed by atoms with van der Waals surface area (Å²) in [7, 11) is 0. The minimum absolute atomic E-state index is 0.188. The monoisotopic (exact) mass is 283 g/mol. The van der Waals surface area contributed by atoms with Gasteiger partial charge in [-0.2, -0.15) is 0 Å². The van der Waals surface area contributed by atoms with E-state index in [1.165, 1.54) is 11.3 Å². The van der Waals surface area contributed by atoms with E-state index >= 15 is 0 Å². The van der Waals surface area contributed by atoms with Gasteiger partial charge in [0.25, 0.3) is 5.91 Å². The fourth-order valence-electron chi connectivity index (χ4n) is 0.948. The molecule has 0 aromatic carbocycles. The molecule has 0 bridgehead atoms. The topological polar surface area (TPSA) is 54.9 Å². The lowest BCUT2D eigenvalue weighted by Gasteiger charge is -2.00. The Morgan fingerprint density at radius 1 is 1.40 bits per heavy atom. The average molecular weight is 284 g/mol. The van der Waals surface area contributed by atoms with Crippen molar-refractivity contribution in [3.05, 3.63) is 39.3 Å². The zero-order valence-electron chi connectivity index (χ0n) is 7.48. The van der Waals surface area contributed by atoms with Crippen LogP contribution in [0.25, 0.3) is 0 Å². The van der Waals surface area contributed by atoms with Gasteiger partial charge in [-0.3, -0.25) is 10.1 Å². The van der Waals surface area contributed by atoms with Crippen molar-refractivity contribution in [2.45, 2.75) is 0 Å². The molecule has 0 aliphatic rings. The molecule has 1 amide bonds. The number of anilines is 1. The van der Waals surface area contributed by atoms with Gasteiger partial charge in [0.15, 0.2) is 0 Å². The van der Waals surface area contributed by atoms with E-state index in [4.69, 9.17) is 0 Å². The van der Waals surface area contributed by atoms with Gasteiger partial charge in [0, 0.05) is 12.4 Å². The summed E-state index contributed by atoms with van der Waals surface area (Å²) in [6.07, 6.45) is 3.16. The summed E-state index contributed by atoms with van der Waals surface area (Å²) in [6, 6.07) is 3.57. The molecular weight excluding hydrogens is 278 g/mol. The molecule has 76 valence electrons. The SMILES string of the molecule is O=C(Nc1ncc(Br)cn1)c1cccs1. The van der Waals surface area contributed by atoms with Crippen molar-refractivity contribution in [2.75, 3.05) is 5.32 Å². The maximum absolute atomic E-state index is 11.6. The van der Waals surface area contributed by atoms with Gasteiger partial charge in [-0.25, -0.2) is 9.97 Å². The summed E-state index contributed by atoms with van der Waals surface area (Å²) in [5.74, 6) is 0.115. The summed E-state index contributed by atoms with van der Waals surface area (Å²) in [6.45, 7) is 0. The van der Waals surface area contributed by atoms with E-state index in [0.29, 0.717) is 10.8 Å². The van der Waals surface area contributed by atoms with E-state index in [2.05, 4.69) is 31.2 Å². The third-order valence-corrected chi connectivity index (χ3v) is 2.87. The van der Waals surface area contributed by atoms with Crippen LogP contribution in [-0.2, 0) is 0 Å². The van der Waals surface area contributed by atoms with Crippen LogP contribution in [0.5, 0.6) is 0 Å². The van der Waals surface area contributed by atoms with E-state index in [1.54, 1.807) is 18.5 Å². The highest BCUT2D eigenvalue weighted by Crippen LogP contribution is 2.11. The summed E-state index contributed by atoms with van der Waals surface area (Å²) in [4.78, 5) is 20.1. The van der Waals surface area contributed by atoms with Gasteiger partial charge in [-0.05, 0) is 27.4 Å². The Kier molecular flexibility index (Phi) is 3.08. The largest absolute Gasteiger partial charge is 0.290 e. The van der Waals surface area contributed by atoms with Crippen molar-refractivity contribution in [1.29, 1.82) is 0 Å². The van der Waals surface area contributed by atoms with Crippen LogP contribution in [0.15, 0.2) is 34.4 Å². The standard InChI is InChI=1S/C9H6BrN3OS/c10-6-4-11-9(12-5-6)13-8(14)7-2-1-3-15-7/h1-5H,(H,11,12,13,14). The van der Waals surface area contributed by atoms with Gasteiger partial charge >= 0.3 is 0 Å². The molecule has 2 aromatic heterocycles. The number of aromatic nitrogens is 2. The minimum atomic E-state index is -0.188. The lowest BCUT2D eigenvalue weighted by Crippen LogP contribution is -2.12. The Hall–Kier alpha value is -1.27. The number of nitrogens with zero attached hydrogens (tertiary/aromatic N) is 2. The van der Waals surface area contributed by atoms with Crippen molar-refractivity contribution in [2.24, 2.45) is 0 Å². The molecule has 0 unspecified atom stereocenters. The number of rotatable bonds is 2. The molecule has 2 rings (SSSR count). The lowest BCUT2D eigenvalue weighted by molar-refractivity contribution is 0.102. The minimum Gasteiger partial charge on any atom is -0.290 e. The van der Waals surface area contributed by atoms with Crippen molar-refractivity contribution < 1.29 is 4.79 Å². The predicted molar refractivity (Wildman–Crippen MR) is 62.0 cm³/mol. The second-order valence-corrected chi connectivity index (χ2v) is 4.52. The lowest BCUT2D eigenvalue weighted by atomic mass is 10.4. The molecule has 0 fully saturated rings. The fraction of sp³-hybridized carbons (Fsp3) is 0. The zero-order valence-corrected chi connectivity index (χ0v) is 9.88. The molecule has 0 saturated carbocycles. The molecule has 0 atom stereocenters. The van der Waals surface area contributed by atoms with Crippen LogP contribution in [0, 0.1) is 0 Å². The smallest absolute Gasteiger partial charge is 0.268 e. The molecule has 6 heteroatoms. The van der Waals surface area contributed by atoms with Gasteiger partial charge in [-0.1, -0.05) is 6.07 Å². The van der Waals surface area contributed by atoms with Crippen LogP contribution in [0.1, 0.15) is 9.67 Å². The molecular formula is C9H6BrN3OS. The average Bonchev–Trinajstić information content (AvgIpc) is 2.74. The Balaban J connectivity index is 2.09. The van der Waals surface area contributed by atoms with Crippen LogP contribution in [-0.4, -0.2) is 15.9 Å². The summed E-state index contributed by atoms with van der Waals surface area (Å²) in [5, 5.41) is 4.44. The van der Waals surface area contributed by atoms with Crippen molar-refractivity contribution >= 4 is 39.1 Å². The van der Waals surface area contributed by atoms with Crippen molar-refractivity contribution in [3.63, 3.8) is 0 Å². The van der Waals surface area contributed by atoms with Gasteiger partial charge < -0.3 is 0 Å². The maximum atomic E-state index is 11.6. The number of amides is 1. The number of hydrogen-bond donors (Lipinski definition) is 1. The Bertz CT molecular complexity index is 455. The number of thiophene rings is 1. The first-order valence-electron chi connectivity index (χ1n) is 4.08. The van der Waals surface area contributed by atoms with E-state index < -0.39 is 0 Å². The number of halogens is 1. The van der Waals surface area contributed by atoms with Crippen molar-refractivity contribution in [3.8, 4) is 0 Å². The first-order valence-corrected chi connectivity index (χ1v) is 5.75. The van der Waals surface area contributed by atoms with E-state index in [9.17, 15) is 4.79 Å². The second kappa shape index (κ2) is 4.50. The summed E-state index contributed by atoms with van der Waals surface area (Å²) in [5.41, 5.74) is 0. The van der Waals surface area contributed by atoms with Gasteiger partial charge in [0.05, 0.1) is 9.35 Å². The van der Waals surface area contributed by atoms with E-state index in [-0.39, 0.29) is 5.91 Å². The summed E-state index contributed by atoms with van der Waals surface area (Å²) >= 11 is 4.59. The Morgan fingerprint density at radius 3 is 2.73 bits per heavy atom. The molecule has 0 aliphatic carbocycles. The van der Waals surface area contributed by atoms with Gasteiger partial charge in [0.1, 0.15) is 0 Å². The van der Waals surface area contributed by atoms with Crippen LogP contribution in [0.4, 0.5) is 5.95 Å². The molecule has 0 aliphatic heterocycles. The van der Waals surface area contributed by atoms with Crippen molar-refractivity contribution in [1.82, 2.24) is 9.97 Å². The summed E-state index contributed by atoms with van der Waals surface area (Å²) < 4.78 is 0.775. The van der Waals surface area contributed by atoms with Gasteiger partial charge in [-0.15, -0.1) is 11.3 Å². The third kappa shape index (κ3) is 2.60. The van der Waals surface area contributed by atoms with Crippen LogP contribution < -0.4 is 5.32 Å². The number of nitrogens with one attached hydrogen (secondary N) is 1. The highest BCUT2D eigenvalue weighted by Gasteiger charge is 2.07.